The van der Waals surface area contributed by atoms with E-state index in [1.165, 1.54) is 19.3 Å². The maximum absolute atomic E-state index is 11.6. The lowest BCUT2D eigenvalue weighted by atomic mass is 9.96. The van der Waals surface area contributed by atoms with Crippen LogP contribution in [-0.2, 0) is 9.53 Å². The lowest BCUT2D eigenvalue weighted by Gasteiger charge is -2.26. The highest BCUT2D eigenvalue weighted by atomic mass is 127. The number of halogens is 1. The molecule has 1 rings (SSSR count). The molecule has 1 fully saturated rings. The van der Waals surface area contributed by atoms with E-state index < -0.39 is 0 Å². The van der Waals surface area contributed by atoms with E-state index in [0.29, 0.717) is 13.0 Å². The molecule has 0 atom stereocenters. The van der Waals surface area contributed by atoms with Gasteiger partial charge in [-0.05, 0) is 38.5 Å². The second-order valence-corrected chi connectivity index (χ2v) is 6.10. The number of carbonyl (C=O) groups is 1. The van der Waals surface area contributed by atoms with Gasteiger partial charge in [-0.3, -0.25) is 9.79 Å². The Morgan fingerprint density at radius 3 is 2.58 bits per heavy atom. The smallest absolute Gasteiger partial charge is 0.221 e. The first-order valence-corrected chi connectivity index (χ1v) is 9.01. The number of nitrogens with one attached hydrogen (secondary N) is 2. The molecule has 0 unspecified atom stereocenters. The fraction of sp³-hybridized carbons (Fsp3) is 0.882. The zero-order valence-electron chi connectivity index (χ0n) is 15.5. The fourth-order valence-electron chi connectivity index (χ4n) is 2.60. The quantitative estimate of drug-likeness (QED) is 0.319. The van der Waals surface area contributed by atoms with Crippen LogP contribution in [0.15, 0.2) is 4.99 Å². The standard InChI is InChI=1S/C17H34N4O2.HI/c1-4-10-19-16(22)6-11-20-17(18-5-2)21(3)12-7-15-8-13-23-14-9-15;/h15H,4-14H2,1-3H3,(H,18,20)(H,19,22);1H. The highest BCUT2D eigenvalue weighted by Gasteiger charge is 2.15. The number of aliphatic imine (C=N–C) groups is 1. The summed E-state index contributed by atoms with van der Waals surface area (Å²) >= 11 is 0. The van der Waals surface area contributed by atoms with Crippen molar-refractivity contribution < 1.29 is 9.53 Å². The third-order valence-corrected chi connectivity index (χ3v) is 4.08. The highest BCUT2D eigenvalue weighted by molar-refractivity contribution is 14.0. The van der Waals surface area contributed by atoms with E-state index in [0.717, 1.165) is 51.1 Å². The van der Waals surface area contributed by atoms with Gasteiger partial charge in [-0.1, -0.05) is 6.92 Å². The SMILES string of the molecule is CCCNC(=O)CCN=C(NCC)N(C)CCC1CCOCC1.I. The van der Waals surface area contributed by atoms with Crippen LogP contribution in [0.2, 0.25) is 0 Å². The van der Waals surface area contributed by atoms with Gasteiger partial charge in [0.2, 0.25) is 5.91 Å². The van der Waals surface area contributed by atoms with Crippen molar-refractivity contribution in [2.75, 3.05) is 46.4 Å². The van der Waals surface area contributed by atoms with Crippen LogP contribution in [0.3, 0.4) is 0 Å². The summed E-state index contributed by atoms with van der Waals surface area (Å²) in [6, 6.07) is 0. The maximum Gasteiger partial charge on any atom is 0.221 e. The number of amides is 1. The van der Waals surface area contributed by atoms with Gasteiger partial charge in [-0.15, -0.1) is 24.0 Å². The van der Waals surface area contributed by atoms with Crippen molar-refractivity contribution >= 4 is 35.8 Å². The number of hydrogen-bond donors (Lipinski definition) is 2. The van der Waals surface area contributed by atoms with Crippen LogP contribution in [0.5, 0.6) is 0 Å². The number of hydrogen-bond acceptors (Lipinski definition) is 3. The Morgan fingerprint density at radius 2 is 1.96 bits per heavy atom. The molecular weight excluding hydrogens is 419 g/mol. The Hall–Kier alpha value is -0.570. The molecule has 1 amide bonds. The van der Waals surface area contributed by atoms with Gasteiger partial charge < -0.3 is 20.3 Å². The van der Waals surface area contributed by atoms with Gasteiger partial charge in [0.05, 0.1) is 6.54 Å². The third-order valence-electron chi connectivity index (χ3n) is 4.08. The van der Waals surface area contributed by atoms with Crippen molar-refractivity contribution in [1.29, 1.82) is 0 Å². The molecule has 7 heteroatoms. The molecule has 0 aromatic rings. The summed E-state index contributed by atoms with van der Waals surface area (Å²) in [6.07, 6.45) is 4.91. The molecule has 142 valence electrons. The van der Waals surface area contributed by atoms with Crippen LogP contribution in [0.1, 0.15) is 46.0 Å². The van der Waals surface area contributed by atoms with Gasteiger partial charge in [-0.2, -0.15) is 0 Å². The van der Waals surface area contributed by atoms with Gasteiger partial charge in [0.25, 0.3) is 0 Å². The highest BCUT2D eigenvalue weighted by Crippen LogP contribution is 2.18. The summed E-state index contributed by atoms with van der Waals surface area (Å²) in [4.78, 5) is 18.4. The number of nitrogens with zero attached hydrogens (tertiary/aromatic N) is 2. The van der Waals surface area contributed by atoms with Crippen LogP contribution in [-0.4, -0.2) is 63.2 Å². The Bertz CT molecular complexity index is 360. The topological polar surface area (TPSA) is 66.0 Å². The summed E-state index contributed by atoms with van der Waals surface area (Å²) in [6.45, 7) is 9.00. The Kier molecular flexibility index (Phi) is 14.4. The molecule has 0 aromatic heterocycles. The second kappa shape index (κ2) is 14.7. The first-order chi connectivity index (χ1) is 11.2. The van der Waals surface area contributed by atoms with Crippen molar-refractivity contribution in [3.05, 3.63) is 0 Å². The largest absolute Gasteiger partial charge is 0.381 e. The van der Waals surface area contributed by atoms with Gasteiger partial charge in [-0.25, -0.2) is 0 Å². The van der Waals surface area contributed by atoms with Gasteiger partial charge in [0.1, 0.15) is 0 Å². The normalized spacial score (nSPS) is 15.5. The second-order valence-electron chi connectivity index (χ2n) is 6.10. The lowest BCUT2D eigenvalue weighted by Crippen LogP contribution is -2.40. The van der Waals surface area contributed by atoms with Crippen LogP contribution < -0.4 is 10.6 Å². The Balaban J connectivity index is 0.00000529. The molecule has 0 spiro atoms. The molecule has 1 heterocycles. The first-order valence-electron chi connectivity index (χ1n) is 9.01. The third kappa shape index (κ3) is 10.3. The lowest BCUT2D eigenvalue weighted by molar-refractivity contribution is -0.120. The minimum atomic E-state index is 0. The summed E-state index contributed by atoms with van der Waals surface area (Å²) in [5, 5.41) is 6.19. The zero-order chi connectivity index (χ0) is 16.9. The number of carbonyl (C=O) groups excluding carboxylic acids is 1. The average Bonchev–Trinajstić information content (AvgIpc) is 2.58. The molecule has 0 saturated carbocycles. The summed E-state index contributed by atoms with van der Waals surface area (Å²) in [5.74, 6) is 1.73. The maximum atomic E-state index is 11.6. The molecule has 0 bridgehead atoms. The molecule has 1 aliphatic heterocycles. The minimum Gasteiger partial charge on any atom is -0.381 e. The van der Waals surface area contributed by atoms with Crippen LogP contribution in [0.25, 0.3) is 0 Å². The molecule has 0 aliphatic carbocycles. The van der Waals surface area contributed by atoms with Crippen molar-refractivity contribution in [3.63, 3.8) is 0 Å². The monoisotopic (exact) mass is 454 g/mol. The molecule has 6 nitrogen and oxygen atoms in total. The molecule has 1 saturated heterocycles. The van der Waals surface area contributed by atoms with E-state index in [2.05, 4.69) is 41.4 Å². The summed E-state index contributed by atoms with van der Waals surface area (Å²) < 4.78 is 5.41. The Morgan fingerprint density at radius 1 is 1.25 bits per heavy atom. The Labute approximate surface area is 164 Å². The molecule has 0 radical (unpaired) electrons. The average molecular weight is 454 g/mol. The molecule has 24 heavy (non-hydrogen) atoms. The molecule has 1 aliphatic rings. The van der Waals surface area contributed by atoms with Crippen molar-refractivity contribution in [2.24, 2.45) is 10.9 Å². The van der Waals surface area contributed by atoms with Gasteiger partial charge in [0, 0.05) is 46.3 Å². The van der Waals surface area contributed by atoms with E-state index in [4.69, 9.17) is 4.74 Å². The minimum absolute atomic E-state index is 0. The van der Waals surface area contributed by atoms with Gasteiger partial charge >= 0.3 is 0 Å². The van der Waals surface area contributed by atoms with E-state index in [1.54, 1.807) is 0 Å². The predicted molar refractivity (Wildman–Crippen MR) is 110 cm³/mol. The van der Waals surface area contributed by atoms with Crippen LogP contribution in [0.4, 0.5) is 0 Å². The number of rotatable bonds is 9. The summed E-state index contributed by atoms with van der Waals surface area (Å²) in [5.41, 5.74) is 0. The number of guanidine groups is 1. The molecule has 0 aromatic carbocycles. The molecule has 2 N–H and O–H groups in total. The van der Waals surface area contributed by atoms with E-state index >= 15 is 0 Å². The van der Waals surface area contributed by atoms with Crippen LogP contribution >= 0.6 is 24.0 Å². The predicted octanol–water partition coefficient (Wildman–Crippen LogP) is 2.23. The van der Waals surface area contributed by atoms with E-state index in [1.807, 2.05) is 0 Å². The van der Waals surface area contributed by atoms with E-state index in [-0.39, 0.29) is 29.9 Å². The van der Waals surface area contributed by atoms with Crippen molar-refractivity contribution in [1.82, 2.24) is 15.5 Å². The van der Waals surface area contributed by atoms with Gasteiger partial charge in [0.15, 0.2) is 5.96 Å². The summed E-state index contributed by atoms with van der Waals surface area (Å²) in [7, 11) is 2.07. The molecular formula is C17H35IN4O2. The van der Waals surface area contributed by atoms with Crippen LogP contribution in [0, 0.1) is 5.92 Å². The zero-order valence-corrected chi connectivity index (χ0v) is 17.8. The number of ether oxygens (including phenoxy) is 1. The van der Waals surface area contributed by atoms with Crippen molar-refractivity contribution in [2.45, 2.75) is 46.0 Å². The van der Waals surface area contributed by atoms with E-state index in [9.17, 15) is 4.79 Å². The fourth-order valence-corrected chi connectivity index (χ4v) is 2.60. The van der Waals surface area contributed by atoms with Crippen molar-refractivity contribution in [3.8, 4) is 0 Å². The first kappa shape index (κ1) is 23.4.